The summed E-state index contributed by atoms with van der Waals surface area (Å²) in [6.45, 7) is 6.62. The molecule has 0 spiro atoms. The molecule has 0 saturated carbocycles. The van der Waals surface area contributed by atoms with Gasteiger partial charge in [0.25, 0.3) is 0 Å². The molecule has 2 aromatic rings. The van der Waals surface area contributed by atoms with Gasteiger partial charge in [-0.2, -0.15) is 0 Å². The molecule has 1 aromatic carbocycles. The van der Waals surface area contributed by atoms with Crippen LogP contribution in [0.15, 0.2) is 29.6 Å². The SMILES string of the molecule is CC(C)(C)c1csc(CC(N)C2CCc3ccccc32)n1. The molecule has 1 aliphatic carbocycles. The van der Waals surface area contributed by atoms with Crippen molar-refractivity contribution < 1.29 is 0 Å². The maximum atomic E-state index is 6.51. The topological polar surface area (TPSA) is 38.9 Å². The van der Waals surface area contributed by atoms with E-state index in [1.807, 2.05) is 0 Å². The molecule has 2 unspecified atom stereocenters. The second kappa shape index (κ2) is 5.54. The van der Waals surface area contributed by atoms with Crippen molar-refractivity contribution in [2.24, 2.45) is 5.73 Å². The summed E-state index contributed by atoms with van der Waals surface area (Å²) in [5.74, 6) is 0.489. The molecule has 0 fully saturated rings. The number of rotatable bonds is 3. The van der Waals surface area contributed by atoms with Gasteiger partial charge in [-0.1, -0.05) is 45.0 Å². The molecular formula is C18H24N2S. The van der Waals surface area contributed by atoms with Crippen molar-refractivity contribution in [3.63, 3.8) is 0 Å². The molecule has 2 nitrogen and oxygen atoms in total. The first-order chi connectivity index (χ1) is 9.95. The summed E-state index contributed by atoms with van der Waals surface area (Å²) in [7, 11) is 0. The highest BCUT2D eigenvalue weighted by atomic mass is 32.1. The Morgan fingerprint density at radius 3 is 2.81 bits per heavy atom. The summed E-state index contributed by atoms with van der Waals surface area (Å²) in [5, 5.41) is 3.36. The molecule has 1 heterocycles. The number of aromatic nitrogens is 1. The number of nitrogens with zero attached hydrogens (tertiary/aromatic N) is 1. The van der Waals surface area contributed by atoms with E-state index in [0.717, 1.165) is 6.42 Å². The van der Waals surface area contributed by atoms with E-state index in [0.29, 0.717) is 5.92 Å². The molecule has 3 rings (SSSR count). The summed E-state index contributed by atoms with van der Waals surface area (Å²) in [6, 6.07) is 8.92. The quantitative estimate of drug-likeness (QED) is 0.929. The van der Waals surface area contributed by atoms with Crippen molar-refractivity contribution in [2.75, 3.05) is 0 Å². The summed E-state index contributed by atoms with van der Waals surface area (Å²) < 4.78 is 0. The van der Waals surface area contributed by atoms with Gasteiger partial charge in [0.1, 0.15) is 0 Å². The number of thiazole rings is 1. The fourth-order valence-corrected chi connectivity index (χ4v) is 4.22. The lowest BCUT2D eigenvalue weighted by Gasteiger charge is -2.19. The zero-order chi connectivity index (χ0) is 15.0. The zero-order valence-electron chi connectivity index (χ0n) is 13.1. The highest BCUT2D eigenvalue weighted by molar-refractivity contribution is 7.09. The molecule has 21 heavy (non-hydrogen) atoms. The Hall–Kier alpha value is -1.19. The lowest BCUT2D eigenvalue weighted by molar-refractivity contribution is 0.520. The van der Waals surface area contributed by atoms with E-state index < -0.39 is 0 Å². The normalized spacial score (nSPS) is 19.5. The van der Waals surface area contributed by atoms with E-state index in [9.17, 15) is 0 Å². The average molecular weight is 300 g/mol. The number of fused-ring (bicyclic) bond motifs is 1. The van der Waals surface area contributed by atoms with Crippen molar-refractivity contribution in [3.8, 4) is 0 Å². The lowest BCUT2D eigenvalue weighted by Crippen LogP contribution is -2.29. The van der Waals surface area contributed by atoms with Gasteiger partial charge < -0.3 is 5.73 Å². The third-order valence-corrected chi connectivity index (χ3v) is 5.30. The van der Waals surface area contributed by atoms with Gasteiger partial charge in [0.05, 0.1) is 10.7 Å². The van der Waals surface area contributed by atoms with Gasteiger partial charge in [-0.05, 0) is 29.9 Å². The Morgan fingerprint density at radius 2 is 2.10 bits per heavy atom. The number of nitrogens with two attached hydrogens (primary N) is 1. The van der Waals surface area contributed by atoms with Crippen LogP contribution in [-0.4, -0.2) is 11.0 Å². The minimum Gasteiger partial charge on any atom is -0.327 e. The highest BCUT2D eigenvalue weighted by Gasteiger charge is 2.28. The van der Waals surface area contributed by atoms with Crippen LogP contribution in [0.5, 0.6) is 0 Å². The fourth-order valence-electron chi connectivity index (χ4n) is 3.13. The van der Waals surface area contributed by atoms with E-state index in [-0.39, 0.29) is 11.5 Å². The molecule has 1 aromatic heterocycles. The predicted octanol–water partition coefficient (Wildman–Crippen LogP) is 4.04. The van der Waals surface area contributed by atoms with Crippen molar-refractivity contribution >= 4 is 11.3 Å². The summed E-state index contributed by atoms with van der Waals surface area (Å²) in [5.41, 5.74) is 10.8. The number of aryl methyl sites for hydroxylation is 1. The lowest BCUT2D eigenvalue weighted by atomic mass is 9.91. The maximum Gasteiger partial charge on any atom is 0.0944 e. The fraction of sp³-hybridized carbons (Fsp3) is 0.500. The molecular weight excluding hydrogens is 276 g/mol. The summed E-state index contributed by atoms with van der Waals surface area (Å²) in [4.78, 5) is 4.79. The van der Waals surface area contributed by atoms with Crippen molar-refractivity contribution in [2.45, 2.75) is 57.4 Å². The van der Waals surface area contributed by atoms with Crippen molar-refractivity contribution in [1.29, 1.82) is 0 Å². The van der Waals surface area contributed by atoms with Gasteiger partial charge in [-0.15, -0.1) is 11.3 Å². The Bertz CT molecular complexity index is 624. The van der Waals surface area contributed by atoms with Gasteiger partial charge >= 0.3 is 0 Å². The average Bonchev–Trinajstić information content (AvgIpc) is 3.03. The minimum absolute atomic E-state index is 0.124. The van der Waals surface area contributed by atoms with Gasteiger partial charge in [-0.25, -0.2) is 4.98 Å². The Labute approximate surface area is 131 Å². The standard InChI is InChI=1S/C18H24N2S/c1-18(2,3)16-11-21-17(20-16)10-15(19)14-9-8-12-6-4-5-7-13(12)14/h4-7,11,14-15H,8-10,19H2,1-3H3. The summed E-state index contributed by atoms with van der Waals surface area (Å²) in [6.07, 6.45) is 3.23. The van der Waals surface area contributed by atoms with Crippen molar-refractivity contribution in [3.05, 3.63) is 51.5 Å². The van der Waals surface area contributed by atoms with Crippen LogP contribution >= 0.6 is 11.3 Å². The number of hydrogen-bond donors (Lipinski definition) is 1. The van der Waals surface area contributed by atoms with Gasteiger partial charge in [0, 0.05) is 23.3 Å². The van der Waals surface area contributed by atoms with E-state index in [1.54, 1.807) is 11.3 Å². The third-order valence-electron chi connectivity index (χ3n) is 4.43. The van der Waals surface area contributed by atoms with Gasteiger partial charge in [-0.3, -0.25) is 0 Å². The van der Waals surface area contributed by atoms with Gasteiger partial charge in [0.15, 0.2) is 0 Å². The van der Waals surface area contributed by atoms with Crippen LogP contribution in [0.2, 0.25) is 0 Å². The Kier molecular flexibility index (Phi) is 3.89. The van der Waals surface area contributed by atoms with Crippen molar-refractivity contribution in [1.82, 2.24) is 4.98 Å². The Balaban J connectivity index is 1.73. The van der Waals surface area contributed by atoms with Crippen LogP contribution in [0.4, 0.5) is 0 Å². The first-order valence-electron chi connectivity index (χ1n) is 7.73. The predicted molar refractivity (Wildman–Crippen MR) is 90.0 cm³/mol. The van der Waals surface area contributed by atoms with Gasteiger partial charge in [0.2, 0.25) is 0 Å². The summed E-state index contributed by atoms with van der Waals surface area (Å²) >= 11 is 1.75. The van der Waals surface area contributed by atoms with E-state index in [2.05, 4.69) is 50.4 Å². The first-order valence-corrected chi connectivity index (χ1v) is 8.61. The monoisotopic (exact) mass is 300 g/mol. The van der Waals surface area contributed by atoms with Crippen LogP contribution in [-0.2, 0) is 18.3 Å². The largest absolute Gasteiger partial charge is 0.327 e. The molecule has 112 valence electrons. The Morgan fingerprint density at radius 1 is 1.33 bits per heavy atom. The van der Waals surface area contributed by atoms with E-state index in [4.69, 9.17) is 10.7 Å². The smallest absolute Gasteiger partial charge is 0.0944 e. The third kappa shape index (κ3) is 3.04. The molecule has 0 amide bonds. The van der Waals surface area contributed by atoms with Crippen LogP contribution in [0.3, 0.4) is 0 Å². The van der Waals surface area contributed by atoms with Crippen LogP contribution in [0.25, 0.3) is 0 Å². The second-order valence-corrected chi connectivity index (χ2v) is 8.03. The number of benzene rings is 1. The molecule has 2 atom stereocenters. The van der Waals surface area contributed by atoms with Crippen LogP contribution in [0, 0.1) is 0 Å². The highest BCUT2D eigenvalue weighted by Crippen LogP contribution is 2.36. The second-order valence-electron chi connectivity index (χ2n) is 7.09. The molecule has 1 aliphatic rings. The van der Waals surface area contributed by atoms with Crippen LogP contribution < -0.4 is 5.73 Å². The molecule has 0 bridgehead atoms. The maximum absolute atomic E-state index is 6.51. The van der Waals surface area contributed by atoms with E-state index >= 15 is 0 Å². The molecule has 0 saturated heterocycles. The van der Waals surface area contributed by atoms with E-state index in [1.165, 1.54) is 34.7 Å². The van der Waals surface area contributed by atoms with Crippen LogP contribution in [0.1, 0.15) is 54.9 Å². The minimum atomic E-state index is 0.124. The molecule has 2 N–H and O–H groups in total. The molecule has 0 aliphatic heterocycles. The number of hydrogen-bond acceptors (Lipinski definition) is 3. The zero-order valence-corrected chi connectivity index (χ0v) is 13.9. The molecule has 3 heteroatoms. The first kappa shape index (κ1) is 14.7. The molecule has 0 radical (unpaired) electrons.